The van der Waals surface area contributed by atoms with Crippen LogP contribution < -0.4 is 0 Å². The van der Waals surface area contributed by atoms with Gasteiger partial charge in [-0.25, -0.2) is 4.39 Å². The lowest BCUT2D eigenvalue weighted by Gasteiger charge is -2.19. The molecule has 0 aliphatic heterocycles. The number of fused-ring (bicyclic) bond motifs is 1. The lowest BCUT2D eigenvalue weighted by Crippen LogP contribution is -2.15. The Balaban J connectivity index is 2.67. The molecule has 0 saturated carbocycles. The van der Waals surface area contributed by atoms with E-state index in [1.54, 1.807) is 6.07 Å². The fraction of sp³-hybridized carbons (Fsp3) is 0.417. The van der Waals surface area contributed by atoms with Crippen molar-refractivity contribution in [2.45, 2.75) is 27.3 Å². The van der Waals surface area contributed by atoms with Crippen LogP contribution in [0.15, 0.2) is 16.6 Å². The Morgan fingerprint density at radius 2 is 2.06 bits per heavy atom. The summed E-state index contributed by atoms with van der Waals surface area (Å²) >= 11 is 8.45. The quantitative estimate of drug-likeness (QED) is 0.760. The average molecular weight is 317 g/mol. The fourth-order valence-electron chi connectivity index (χ4n) is 1.78. The fourth-order valence-corrected chi connectivity index (χ4v) is 2.40. The summed E-state index contributed by atoms with van der Waals surface area (Å²) in [7, 11) is 0. The largest absolute Gasteiger partial charge is 0.331 e. The summed E-state index contributed by atoms with van der Waals surface area (Å²) in [6.45, 7) is 7.14. The molecule has 5 heteroatoms. The van der Waals surface area contributed by atoms with E-state index in [0.29, 0.717) is 9.24 Å². The number of aromatic amines is 1. The number of nitrogens with zero attached hydrogens (tertiary/aromatic N) is 1. The van der Waals surface area contributed by atoms with Crippen molar-refractivity contribution in [3.05, 3.63) is 27.2 Å². The van der Waals surface area contributed by atoms with Crippen LogP contribution in [0.3, 0.4) is 0 Å². The van der Waals surface area contributed by atoms with E-state index in [-0.39, 0.29) is 11.2 Å². The zero-order valence-corrected chi connectivity index (χ0v) is 12.4. The lowest BCUT2D eigenvalue weighted by atomic mass is 9.97. The van der Waals surface area contributed by atoms with Crippen LogP contribution >= 0.6 is 28.1 Å². The van der Waals surface area contributed by atoms with E-state index in [0.717, 1.165) is 17.6 Å². The van der Waals surface area contributed by atoms with Crippen molar-refractivity contribution in [3.8, 4) is 0 Å². The molecule has 2 nitrogen and oxygen atoms in total. The number of hydrogen-bond acceptors (Lipinski definition) is 1. The predicted octanol–water partition coefficient (Wildman–Crippen LogP) is 4.65. The van der Waals surface area contributed by atoms with Gasteiger partial charge in [0.05, 0.1) is 15.5 Å². The van der Waals surface area contributed by atoms with Gasteiger partial charge in [-0.05, 0) is 39.6 Å². The Morgan fingerprint density at radius 3 is 2.65 bits per heavy atom. The van der Waals surface area contributed by atoms with Crippen LogP contribution in [0.1, 0.15) is 20.8 Å². The summed E-state index contributed by atoms with van der Waals surface area (Å²) in [6.07, 6.45) is 0. The van der Waals surface area contributed by atoms with Crippen molar-refractivity contribution in [2.75, 3.05) is 0 Å². The molecule has 0 amide bonds. The third-order valence-electron chi connectivity index (χ3n) is 2.45. The molecule has 1 aromatic heterocycles. The van der Waals surface area contributed by atoms with Crippen molar-refractivity contribution < 1.29 is 4.39 Å². The van der Waals surface area contributed by atoms with Crippen LogP contribution in [0.5, 0.6) is 0 Å². The van der Waals surface area contributed by atoms with Crippen LogP contribution in [0.25, 0.3) is 11.0 Å². The first-order chi connectivity index (χ1) is 7.78. The molecule has 2 rings (SSSR count). The van der Waals surface area contributed by atoms with Crippen molar-refractivity contribution in [3.63, 3.8) is 0 Å². The lowest BCUT2D eigenvalue weighted by molar-refractivity contribution is 0.346. The molecule has 0 aliphatic carbocycles. The molecule has 0 fully saturated rings. The second kappa shape index (κ2) is 4.21. The molecule has 0 radical (unpaired) electrons. The van der Waals surface area contributed by atoms with Gasteiger partial charge in [0.1, 0.15) is 5.82 Å². The Hall–Kier alpha value is -0.680. The van der Waals surface area contributed by atoms with Crippen molar-refractivity contribution in [1.82, 2.24) is 9.55 Å². The minimum absolute atomic E-state index is 0.0941. The Kier molecular flexibility index (Phi) is 3.16. The number of aromatic nitrogens is 2. The number of nitrogens with one attached hydrogen (secondary N) is 1. The monoisotopic (exact) mass is 316 g/mol. The molecule has 0 aliphatic rings. The molecular weight excluding hydrogens is 303 g/mol. The summed E-state index contributed by atoms with van der Waals surface area (Å²) < 4.78 is 16.6. The number of rotatable bonds is 1. The Labute approximate surface area is 113 Å². The van der Waals surface area contributed by atoms with E-state index in [1.807, 2.05) is 4.57 Å². The number of halogens is 2. The van der Waals surface area contributed by atoms with Crippen LogP contribution in [-0.2, 0) is 6.54 Å². The first-order valence-electron chi connectivity index (χ1n) is 5.35. The van der Waals surface area contributed by atoms with Gasteiger partial charge in [-0.2, -0.15) is 0 Å². The second-order valence-corrected chi connectivity index (χ2v) is 6.60. The van der Waals surface area contributed by atoms with Crippen LogP contribution in [0.2, 0.25) is 0 Å². The number of hydrogen-bond donors (Lipinski definition) is 1. The average Bonchev–Trinajstić information content (AvgIpc) is 2.43. The highest BCUT2D eigenvalue weighted by molar-refractivity contribution is 9.10. The molecule has 0 spiro atoms. The zero-order chi connectivity index (χ0) is 12.8. The molecule has 0 unspecified atom stereocenters. The smallest absolute Gasteiger partial charge is 0.178 e. The van der Waals surface area contributed by atoms with Gasteiger partial charge in [0.25, 0.3) is 0 Å². The maximum absolute atomic E-state index is 13.6. The summed E-state index contributed by atoms with van der Waals surface area (Å²) in [6, 6.07) is 3.23. The molecule has 2 aromatic rings. The van der Waals surface area contributed by atoms with Crippen LogP contribution in [-0.4, -0.2) is 9.55 Å². The maximum atomic E-state index is 13.6. The van der Waals surface area contributed by atoms with E-state index in [4.69, 9.17) is 12.2 Å². The van der Waals surface area contributed by atoms with Crippen LogP contribution in [0, 0.1) is 16.0 Å². The van der Waals surface area contributed by atoms with Gasteiger partial charge < -0.3 is 9.55 Å². The Bertz CT molecular complexity index is 622. The van der Waals surface area contributed by atoms with E-state index in [9.17, 15) is 4.39 Å². The van der Waals surface area contributed by atoms with Crippen LogP contribution in [0.4, 0.5) is 4.39 Å². The highest BCUT2D eigenvalue weighted by Crippen LogP contribution is 2.26. The SMILES string of the molecule is CC(C)(C)Cn1c(=S)[nH]c2cc(Br)c(F)cc21. The van der Waals surface area contributed by atoms with Crippen molar-refractivity contribution in [2.24, 2.45) is 5.41 Å². The third-order valence-corrected chi connectivity index (χ3v) is 3.38. The molecule has 1 aromatic carbocycles. The van der Waals surface area contributed by atoms with Gasteiger partial charge in [0.2, 0.25) is 0 Å². The Morgan fingerprint density at radius 1 is 1.41 bits per heavy atom. The number of benzene rings is 1. The van der Waals surface area contributed by atoms with E-state index in [2.05, 4.69) is 41.7 Å². The molecule has 0 bridgehead atoms. The molecule has 1 heterocycles. The highest BCUT2D eigenvalue weighted by atomic mass is 79.9. The van der Waals surface area contributed by atoms with Gasteiger partial charge in [0, 0.05) is 12.6 Å². The van der Waals surface area contributed by atoms with E-state index >= 15 is 0 Å². The predicted molar refractivity (Wildman–Crippen MR) is 74.2 cm³/mol. The molecule has 1 N–H and O–H groups in total. The molecular formula is C12H14BrFN2S. The molecule has 0 atom stereocenters. The number of imidazole rings is 1. The van der Waals surface area contributed by atoms with Gasteiger partial charge >= 0.3 is 0 Å². The van der Waals surface area contributed by atoms with Crippen molar-refractivity contribution >= 4 is 39.2 Å². The van der Waals surface area contributed by atoms with E-state index < -0.39 is 0 Å². The maximum Gasteiger partial charge on any atom is 0.178 e. The van der Waals surface area contributed by atoms with Gasteiger partial charge in [0.15, 0.2) is 4.77 Å². The van der Waals surface area contributed by atoms with Gasteiger partial charge in [-0.1, -0.05) is 20.8 Å². The summed E-state index contributed by atoms with van der Waals surface area (Å²) in [5, 5.41) is 0. The minimum atomic E-state index is -0.269. The normalized spacial score (nSPS) is 12.3. The topological polar surface area (TPSA) is 20.7 Å². The summed E-state index contributed by atoms with van der Waals surface area (Å²) in [5.74, 6) is -0.269. The molecule has 17 heavy (non-hydrogen) atoms. The zero-order valence-electron chi connectivity index (χ0n) is 9.97. The van der Waals surface area contributed by atoms with Crippen molar-refractivity contribution in [1.29, 1.82) is 0 Å². The number of H-pyrrole nitrogens is 1. The van der Waals surface area contributed by atoms with Gasteiger partial charge in [-0.15, -0.1) is 0 Å². The first kappa shape index (κ1) is 12.8. The summed E-state index contributed by atoms with van der Waals surface area (Å²) in [5.41, 5.74) is 1.76. The third kappa shape index (κ3) is 2.60. The molecule has 92 valence electrons. The van der Waals surface area contributed by atoms with Gasteiger partial charge in [-0.3, -0.25) is 0 Å². The minimum Gasteiger partial charge on any atom is -0.331 e. The first-order valence-corrected chi connectivity index (χ1v) is 6.56. The standard InChI is InChI=1S/C12H14BrFN2S/c1-12(2,3)6-16-10-5-8(14)7(13)4-9(10)15-11(16)17/h4-5H,6H2,1-3H3,(H,15,17). The second-order valence-electron chi connectivity index (χ2n) is 5.36. The van der Waals surface area contributed by atoms with E-state index in [1.165, 1.54) is 6.07 Å². The molecule has 0 saturated heterocycles. The summed E-state index contributed by atoms with van der Waals surface area (Å²) in [4.78, 5) is 3.10. The highest BCUT2D eigenvalue weighted by Gasteiger charge is 2.15.